The van der Waals surface area contributed by atoms with Crippen LogP contribution in [0.5, 0.6) is 5.75 Å². The van der Waals surface area contributed by atoms with E-state index in [1.54, 1.807) is 30.6 Å². The molecule has 7 heteroatoms. The monoisotopic (exact) mass is 463 g/mol. The van der Waals surface area contributed by atoms with Crippen LogP contribution in [-0.4, -0.2) is 59.9 Å². The lowest BCUT2D eigenvalue weighted by atomic mass is 10.1. The van der Waals surface area contributed by atoms with Crippen LogP contribution in [0.15, 0.2) is 48.5 Å². The van der Waals surface area contributed by atoms with Gasteiger partial charge in [-0.05, 0) is 32.4 Å². The molecule has 1 fully saturated rings. The fraction of sp³-hybridized carbons (Fsp3) is 0.346. The van der Waals surface area contributed by atoms with Gasteiger partial charge in [0.2, 0.25) is 5.91 Å². The Labute approximate surface area is 198 Å². The van der Waals surface area contributed by atoms with E-state index < -0.39 is 0 Å². The SMILES string of the molecule is COc1ccccc1C(=O)N1CCCN(C(=O)Cc2sc(C)nc2-c2ccc(C)cc2)CC1. The molecule has 0 N–H and O–H groups in total. The minimum Gasteiger partial charge on any atom is -0.496 e. The number of rotatable bonds is 5. The van der Waals surface area contributed by atoms with E-state index in [4.69, 9.17) is 9.72 Å². The number of hydrogen-bond donors (Lipinski definition) is 0. The average Bonchev–Trinajstić information content (AvgIpc) is 3.03. The maximum Gasteiger partial charge on any atom is 0.257 e. The number of aromatic nitrogens is 1. The summed E-state index contributed by atoms with van der Waals surface area (Å²) < 4.78 is 5.35. The zero-order valence-corrected chi connectivity index (χ0v) is 20.2. The van der Waals surface area contributed by atoms with Crippen LogP contribution in [-0.2, 0) is 11.2 Å². The summed E-state index contributed by atoms with van der Waals surface area (Å²) in [6.45, 7) is 6.33. The number of ether oxygens (including phenoxy) is 1. The van der Waals surface area contributed by atoms with Crippen molar-refractivity contribution in [1.29, 1.82) is 0 Å². The third-order valence-corrected chi connectivity index (χ3v) is 6.89. The second kappa shape index (κ2) is 10.2. The summed E-state index contributed by atoms with van der Waals surface area (Å²) in [6.07, 6.45) is 1.08. The Morgan fingerprint density at radius 1 is 0.970 bits per heavy atom. The molecule has 2 heterocycles. The number of carbonyl (C=O) groups is 2. The number of benzene rings is 2. The van der Waals surface area contributed by atoms with Crippen LogP contribution in [0, 0.1) is 13.8 Å². The highest BCUT2D eigenvalue weighted by Gasteiger charge is 2.25. The Bertz CT molecular complexity index is 1140. The van der Waals surface area contributed by atoms with Gasteiger partial charge < -0.3 is 14.5 Å². The number of methoxy groups -OCH3 is 1. The lowest BCUT2D eigenvalue weighted by Gasteiger charge is -2.23. The molecule has 4 rings (SSSR count). The second-order valence-electron chi connectivity index (χ2n) is 8.27. The first-order valence-corrected chi connectivity index (χ1v) is 12.0. The van der Waals surface area contributed by atoms with Crippen molar-refractivity contribution in [3.63, 3.8) is 0 Å². The van der Waals surface area contributed by atoms with Gasteiger partial charge in [0.25, 0.3) is 5.91 Å². The maximum atomic E-state index is 13.2. The average molecular weight is 464 g/mol. The fourth-order valence-corrected chi connectivity index (χ4v) is 5.09. The number of aryl methyl sites for hydroxylation is 2. The van der Waals surface area contributed by atoms with E-state index in [1.807, 2.05) is 28.9 Å². The molecule has 3 aromatic rings. The summed E-state index contributed by atoms with van der Waals surface area (Å²) in [7, 11) is 1.57. The predicted molar refractivity (Wildman–Crippen MR) is 131 cm³/mol. The third kappa shape index (κ3) is 5.25. The highest BCUT2D eigenvalue weighted by atomic mass is 32.1. The lowest BCUT2D eigenvalue weighted by Crippen LogP contribution is -2.38. The van der Waals surface area contributed by atoms with Gasteiger partial charge in [0, 0.05) is 36.6 Å². The molecule has 0 atom stereocenters. The van der Waals surface area contributed by atoms with E-state index in [0.29, 0.717) is 43.9 Å². The molecule has 2 amide bonds. The smallest absolute Gasteiger partial charge is 0.257 e. The summed E-state index contributed by atoms with van der Waals surface area (Å²) in [4.78, 5) is 35.6. The molecule has 0 radical (unpaired) electrons. The molecule has 1 aliphatic heterocycles. The standard InChI is InChI=1S/C26H29N3O3S/c1-18-9-11-20(12-10-18)25-23(33-19(2)27-25)17-24(30)28-13-6-14-29(16-15-28)26(31)21-7-4-5-8-22(21)32-3/h4-5,7-12H,6,13-17H2,1-3H3. The molecule has 0 saturated carbocycles. The van der Waals surface area contributed by atoms with Crippen LogP contribution < -0.4 is 4.74 Å². The van der Waals surface area contributed by atoms with Crippen molar-refractivity contribution in [3.8, 4) is 17.0 Å². The molecule has 1 aliphatic rings. The van der Waals surface area contributed by atoms with Crippen LogP contribution in [0.25, 0.3) is 11.3 Å². The zero-order valence-electron chi connectivity index (χ0n) is 19.3. The van der Waals surface area contributed by atoms with E-state index in [1.165, 1.54) is 5.56 Å². The van der Waals surface area contributed by atoms with Gasteiger partial charge in [-0.3, -0.25) is 9.59 Å². The van der Waals surface area contributed by atoms with Crippen molar-refractivity contribution in [2.45, 2.75) is 26.7 Å². The van der Waals surface area contributed by atoms with E-state index in [-0.39, 0.29) is 11.8 Å². The number of hydrogen-bond acceptors (Lipinski definition) is 5. The highest BCUT2D eigenvalue weighted by molar-refractivity contribution is 7.12. The van der Waals surface area contributed by atoms with E-state index in [0.717, 1.165) is 27.6 Å². The lowest BCUT2D eigenvalue weighted by molar-refractivity contribution is -0.130. The first-order chi connectivity index (χ1) is 16.0. The molecule has 172 valence electrons. The Morgan fingerprint density at radius 3 is 2.42 bits per heavy atom. The van der Waals surface area contributed by atoms with Crippen LogP contribution in [0.2, 0.25) is 0 Å². The van der Waals surface area contributed by atoms with Gasteiger partial charge in [0.1, 0.15) is 5.75 Å². The number of thiazole rings is 1. The van der Waals surface area contributed by atoms with Gasteiger partial charge in [0.15, 0.2) is 0 Å². The van der Waals surface area contributed by atoms with Gasteiger partial charge in [0.05, 0.1) is 29.8 Å². The highest BCUT2D eigenvalue weighted by Crippen LogP contribution is 2.29. The third-order valence-electron chi connectivity index (χ3n) is 5.91. The Kier molecular flexibility index (Phi) is 7.08. The quantitative estimate of drug-likeness (QED) is 0.564. The van der Waals surface area contributed by atoms with Crippen molar-refractivity contribution in [3.05, 3.63) is 69.5 Å². The van der Waals surface area contributed by atoms with Gasteiger partial charge in [-0.2, -0.15) is 0 Å². The summed E-state index contributed by atoms with van der Waals surface area (Å²) in [6, 6.07) is 15.5. The van der Waals surface area contributed by atoms with Gasteiger partial charge in [-0.15, -0.1) is 11.3 Å². The van der Waals surface area contributed by atoms with Crippen LogP contribution >= 0.6 is 11.3 Å². The van der Waals surface area contributed by atoms with E-state index in [9.17, 15) is 9.59 Å². The minimum absolute atomic E-state index is 0.0542. The molecule has 0 aliphatic carbocycles. The minimum atomic E-state index is -0.0542. The number of nitrogens with zero attached hydrogens (tertiary/aromatic N) is 3. The molecule has 0 bridgehead atoms. The normalized spacial score (nSPS) is 14.2. The molecule has 2 aromatic carbocycles. The molecule has 0 spiro atoms. The molecule has 33 heavy (non-hydrogen) atoms. The Hall–Kier alpha value is -3.19. The predicted octanol–water partition coefficient (Wildman–Crippen LogP) is 4.35. The van der Waals surface area contributed by atoms with Crippen LogP contribution in [0.3, 0.4) is 0 Å². The molecular formula is C26H29N3O3S. The Morgan fingerprint density at radius 2 is 1.67 bits per heavy atom. The van der Waals surface area contributed by atoms with Crippen molar-refractivity contribution in [1.82, 2.24) is 14.8 Å². The summed E-state index contributed by atoms with van der Waals surface area (Å²) >= 11 is 1.58. The van der Waals surface area contributed by atoms with E-state index >= 15 is 0 Å². The van der Waals surface area contributed by atoms with Crippen molar-refractivity contribution in [2.24, 2.45) is 0 Å². The van der Waals surface area contributed by atoms with Crippen LogP contribution in [0.1, 0.15) is 32.2 Å². The van der Waals surface area contributed by atoms with Crippen molar-refractivity contribution >= 4 is 23.2 Å². The first-order valence-electron chi connectivity index (χ1n) is 11.2. The summed E-state index contributed by atoms with van der Waals surface area (Å²) in [5, 5.41) is 0.956. The van der Waals surface area contributed by atoms with Gasteiger partial charge in [-0.25, -0.2) is 4.98 Å². The molecule has 6 nitrogen and oxygen atoms in total. The summed E-state index contributed by atoms with van der Waals surface area (Å²) in [5.74, 6) is 0.601. The first kappa shape index (κ1) is 23.0. The molecular weight excluding hydrogens is 434 g/mol. The number of amides is 2. The molecule has 1 saturated heterocycles. The zero-order chi connectivity index (χ0) is 23.4. The second-order valence-corrected chi connectivity index (χ2v) is 9.56. The van der Waals surface area contributed by atoms with Gasteiger partial charge >= 0.3 is 0 Å². The largest absolute Gasteiger partial charge is 0.496 e. The number of carbonyl (C=O) groups excluding carboxylic acids is 2. The maximum absolute atomic E-state index is 13.2. The molecule has 1 aromatic heterocycles. The molecule has 0 unspecified atom stereocenters. The van der Waals surface area contributed by atoms with Gasteiger partial charge in [-0.1, -0.05) is 42.0 Å². The fourth-order valence-electron chi connectivity index (χ4n) is 4.14. The summed E-state index contributed by atoms with van der Waals surface area (Å²) in [5.41, 5.74) is 3.69. The van der Waals surface area contributed by atoms with Crippen LogP contribution in [0.4, 0.5) is 0 Å². The van der Waals surface area contributed by atoms with Crippen molar-refractivity contribution in [2.75, 3.05) is 33.3 Å². The topological polar surface area (TPSA) is 62.7 Å². The van der Waals surface area contributed by atoms with E-state index in [2.05, 4.69) is 31.2 Å². The van der Waals surface area contributed by atoms with Crippen molar-refractivity contribution < 1.29 is 14.3 Å². The number of para-hydroxylation sites is 1. The Balaban J connectivity index is 1.44.